The molecule has 1 aromatic carbocycles. The van der Waals surface area contributed by atoms with Crippen LogP contribution in [0.25, 0.3) is 27.7 Å². The summed E-state index contributed by atoms with van der Waals surface area (Å²) in [5, 5.41) is 4.44. The van der Waals surface area contributed by atoms with Crippen LogP contribution in [0.5, 0.6) is 5.88 Å². The molecule has 3 heterocycles. The van der Waals surface area contributed by atoms with Crippen LogP contribution in [0, 0.1) is 5.92 Å². The zero-order valence-electron chi connectivity index (χ0n) is 18.1. The Morgan fingerprint density at radius 2 is 2.09 bits per heavy atom. The van der Waals surface area contributed by atoms with E-state index in [-0.39, 0.29) is 48.9 Å². The molecule has 178 valence electrons. The Hall–Kier alpha value is -2.41. The van der Waals surface area contributed by atoms with Crippen LogP contribution in [-0.2, 0) is 9.25 Å². The van der Waals surface area contributed by atoms with Crippen LogP contribution in [-0.4, -0.2) is 46.3 Å². The molecule has 3 aromatic heterocycles. The summed E-state index contributed by atoms with van der Waals surface area (Å²) >= 11 is 3.17. The van der Waals surface area contributed by atoms with Crippen LogP contribution in [0.2, 0.25) is 8.96 Å². The van der Waals surface area contributed by atoms with Crippen LogP contribution in [0.4, 0.5) is 19.0 Å². The second-order valence-corrected chi connectivity index (χ2v) is 14.1. The van der Waals surface area contributed by atoms with Crippen molar-refractivity contribution in [3.8, 4) is 11.6 Å². The number of hydrogen-bond acceptors (Lipinski definition) is 6. The molecule has 4 aromatic rings. The Kier molecular flexibility index (Phi) is 5.95. The number of imidazole rings is 1. The molecule has 0 atom stereocenters. The van der Waals surface area contributed by atoms with Crippen molar-refractivity contribution in [1.29, 1.82) is 0 Å². The van der Waals surface area contributed by atoms with Crippen molar-refractivity contribution in [2.75, 3.05) is 10.1 Å². The third-order valence-corrected chi connectivity index (χ3v) is 10.7. The van der Waals surface area contributed by atoms with Gasteiger partial charge in [-0.05, 0) is 5.92 Å². The van der Waals surface area contributed by atoms with Gasteiger partial charge in [0.15, 0.2) is 0 Å². The topological polar surface area (TPSA) is 95.1 Å². The van der Waals surface area contributed by atoms with Gasteiger partial charge in [-0.1, -0.05) is 13.8 Å². The van der Waals surface area contributed by atoms with Gasteiger partial charge >= 0.3 is 178 Å². The summed E-state index contributed by atoms with van der Waals surface area (Å²) < 4.78 is 69.2. The Morgan fingerprint density at radius 3 is 2.74 bits per heavy atom. The van der Waals surface area contributed by atoms with Crippen molar-refractivity contribution >= 4 is 59.4 Å². The van der Waals surface area contributed by atoms with Gasteiger partial charge in [0, 0.05) is 0 Å². The fraction of sp³-hybridized carbons (Fsp3) is 0.381. The van der Waals surface area contributed by atoms with Gasteiger partial charge in [0.05, 0.1) is 6.61 Å². The molecule has 0 saturated heterocycles. The average Bonchev–Trinajstić information content (AvgIpc) is 3.45. The quantitative estimate of drug-likeness (QED) is 0.270. The Bertz CT molecular complexity index is 1410. The summed E-state index contributed by atoms with van der Waals surface area (Å²) in [6.07, 6.45) is -1.66. The van der Waals surface area contributed by atoms with Crippen molar-refractivity contribution in [1.82, 2.24) is 19.7 Å². The van der Waals surface area contributed by atoms with E-state index in [2.05, 4.69) is 18.7 Å². The molecule has 5 rings (SSSR count). The van der Waals surface area contributed by atoms with E-state index in [4.69, 9.17) is 20.9 Å². The van der Waals surface area contributed by atoms with Crippen molar-refractivity contribution in [3.05, 3.63) is 35.2 Å². The Morgan fingerprint density at radius 1 is 1.32 bits per heavy atom. The molecule has 1 fully saturated rings. The molecular weight excluding hydrogens is 581 g/mol. The van der Waals surface area contributed by atoms with Crippen molar-refractivity contribution in [2.24, 2.45) is 5.92 Å². The van der Waals surface area contributed by atoms with Gasteiger partial charge in [0.2, 0.25) is 0 Å². The fourth-order valence-corrected chi connectivity index (χ4v) is 7.46. The fourth-order valence-electron chi connectivity index (χ4n) is 3.50. The van der Waals surface area contributed by atoms with E-state index in [0.717, 1.165) is 17.4 Å². The summed E-state index contributed by atoms with van der Waals surface area (Å²) in [6.45, 7) is 4.27. The molecule has 1 aliphatic carbocycles. The van der Waals surface area contributed by atoms with Gasteiger partial charge in [-0.25, -0.2) is 0 Å². The minimum atomic E-state index is -4.75. The van der Waals surface area contributed by atoms with Gasteiger partial charge in [-0.3, -0.25) is 0 Å². The molecule has 0 amide bonds. The maximum atomic E-state index is 13.9. The molecule has 1 aliphatic rings. The molecular formula is C21H19ClF3N5O3Sn. The predicted octanol–water partition coefficient (Wildman–Crippen LogP) is 5.76. The number of pyridine rings is 1. The van der Waals surface area contributed by atoms with Crippen molar-refractivity contribution in [2.45, 2.75) is 36.8 Å². The van der Waals surface area contributed by atoms with E-state index in [1.54, 1.807) is 0 Å². The van der Waals surface area contributed by atoms with Crippen LogP contribution < -0.4 is 8.28 Å². The van der Waals surface area contributed by atoms with Crippen LogP contribution in [0.3, 0.4) is 0 Å². The van der Waals surface area contributed by atoms with E-state index in [9.17, 15) is 16.2 Å². The standard InChI is InChI=1S/C18H14ClF3N5O2.C3H5.O.Sn/c1-8(2)7-28-16-11(19)3-9(6-24-16)27-13-5-14-10(15(23)26-29-14)4-12(13)25-17(27)18(20,21)22;1-2-3-1;;/h3-6,8H,7H2,1-2H3,(H-,23,26);1H,2-3H2;;/q-1;;;+1. The number of halogens is 4. The summed E-state index contributed by atoms with van der Waals surface area (Å²) in [6, 6.07) is 4.23. The zero-order valence-corrected chi connectivity index (χ0v) is 21.7. The van der Waals surface area contributed by atoms with E-state index in [0.29, 0.717) is 12.0 Å². The molecule has 0 aliphatic heterocycles. The normalized spacial score (nSPS) is 14.3. The molecule has 0 bridgehead atoms. The van der Waals surface area contributed by atoms with Gasteiger partial charge in [0.1, 0.15) is 0 Å². The van der Waals surface area contributed by atoms with Crippen LogP contribution in [0.15, 0.2) is 28.9 Å². The number of nitrogens with one attached hydrogen (secondary N) is 1. The van der Waals surface area contributed by atoms with E-state index >= 15 is 0 Å². The van der Waals surface area contributed by atoms with Gasteiger partial charge in [-0.15, -0.1) is 0 Å². The number of alkyl halides is 3. The maximum absolute atomic E-state index is 13.9. The summed E-state index contributed by atoms with van der Waals surface area (Å²) in [4.78, 5) is 7.96. The monoisotopic (exact) mass is 601 g/mol. The number of anilines is 1. The Labute approximate surface area is 203 Å². The minimum absolute atomic E-state index is 0.0674. The number of rotatable bonds is 7. The second-order valence-electron chi connectivity index (χ2n) is 8.59. The van der Waals surface area contributed by atoms with Crippen LogP contribution >= 0.6 is 11.6 Å². The first-order valence-electron chi connectivity index (χ1n) is 10.6. The molecule has 34 heavy (non-hydrogen) atoms. The number of fused-ring (bicyclic) bond motifs is 2. The Balaban J connectivity index is 1.61. The summed E-state index contributed by atoms with van der Waals surface area (Å²) in [5.41, 5.74) is 0.523. The second kappa shape index (κ2) is 8.67. The number of ether oxygens (including phenoxy) is 1. The number of benzene rings is 1. The van der Waals surface area contributed by atoms with Gasteiger partial charge in [0.25, 0.3) is 0 Å². The average molecular weight is 601 g/mol. The molecule has 0 spiro atoms. The van der Waals surface area contributed by atoms with Gasteiger partial charge < -0.3 is 0 Å². The van der Waals surface area contributed by atoms with Crippen LogP contribution in [0.1, 0.15) is 32.5 Å². The third kappa shape index (κ3) is 4.47. The molecule has 1 N–H and O–H groups in total. The first-order chi connectivity index (χ1) is 16.1. The number of nitrogens with zero attached hydrogens (tertiary/aromatic N) is 4. The number of aromatic nitrogens is 4. The van der Waals surface area contributed by atoms with E-state index in [1.165, 1.54) is 24.4 Å². The predicted molar refractivity (Wildman–Crippen MR) is 120 cm³/mol. The molecule has 0 unspecified atom stereocenters. The molecule has 0 radical (unpaired) electrons. The zero-order chi connectivity index (χ0) is 24.2. The SMILES string of the molecule is CC(C)COc1ncc(-n2c(C(F)(F)F)nc3cc4c([NH][Sn](=[O])[CH]5CC5)noc4cc32)cc1Cl. The first kappa shape index (κ1) is 23.3. The van der Waals surface area contributed by atoms with Crippen molar-refractivity contribution in [3.63, 3.8) is 0 Å². The third-order valence-electron chi connectivity index (χ3n) is 5.29. The number of hydrogen-bond donors (Lipinski definition) is 1. The first-order valence-corrected chi connectivity index (χ1v) is 15.2. The molecule has 8 nitrogen and oxygen atoms in total. The summed E-state index contributed by atoms with van der Waals surface area (Å²) in [5.74, 6) is -0.503. The molecule has 13 heteroatoms. The molecule has 1 saturated carbocycles. The van der Waals surface area contributed by atoms with Gasteiger partial charge in [-0.2, -0.15) is 0 Å². The van der Waals surface area contributed by atoms with E-state index in [1.807, 2.05) is 13.8 Å². The van der Waals surface area contributed by atoms with E-state index < -0.39 is 32.0 Å². The summed E-state index contributed by atoms with van der Waals surface area (Å²) in [7, 11) is 0. The van der Waals surface area contributed by atoms with Crippen molar-refractivity contribution < 1.29 is 25.5 Å².